The summed E-state index contributed by atoms with van der Waals surface area (Å²) in [6, 6.07) is 14.7. The van der Waals surface area contributed by atoms with Gasteiger partial charge in [-0.05, 0) is 43.3 Å². The molecule has 0 bridgehead atoms. The van der Waals surface area contributed by atoms with Crippen LogP contribution in [-0.4, -0.2) is 19.3 Å². The van der Waals surface area contributed by atoms with E-state index in [1.54, 1.807) is 32.4 Å². The van der Waals surface area contributed by atoms with E-state index in [1.807, 2.05) is 43.3 Å². The molecule has 1 heterocycles. The first kappa shape index (κ1) is 15.9. The number of hydrogen-bond acceptors (Lipinski definition) is 3. The second-order valence-electron chi connectivity index (χ2n) is 5.39. The molecule has 0 saturated carbocycles. The summed E-state index contributed by atoms with van der Waals surface area (Å²) >= 11 is 0. The van der Waals surface area contributed by atoms with E-state index in [-0.39, 0.29) is 5.75 Å². The average Bonchev–Trinajstić information content (AvgIpc) is 2.62. The van der Waals surface area contributed by atoms with Gasteiger partial charge in [0.05, 0.1) is 25.4 Å². The summed E-state index contributed by atoms with van der Waals surface area (Å²) in [4.78, 5) is 0. The first-order chi connectivity index (χ1) is 11.6. The first-order valence-corrected chi connectivity index (χ1v) is 7.58. The van der Waals surface area contributed by atoms with Crippen molar-refractivity contribution in [2.45, 2.75) is 6.92 Å². The number of aromatic hydroxyl groups is 1. The highest BCUT2D eigenvalue weighted by Gasteiger charge is 2.17. The summed E-state index contributed by atoms with van der Waals surface area (Å²) in [7, 11) is 3.21. The molecule has 1 N–H and O–H groups in total. The van der Waals surface area contributed by atoms with Crippen LogP contribution in [0.1, 0.15) is 18.2 Å². The molecule has 3 aromatic rings. The van der Waals surface area contributed by atoms with Gasteiger partial charge in [0, 0.05) is 12.1 Å². The van der Waals surface area contributed by atoms with Gasteiger partial charge in [0.25, 0.3) is 0 Å². The Morgan fingerprint density at radius 1 is 0.958 bits per heavy atom. The van der Waals surface area contributed by atoms with Crippen LogP contribution in [0.15, 0.2) is 52.9 Å². The quantitative estimate of drug-likeness (QED) is 0.687. The zero-order valence-electron chi connectivity index (χ0n) is 13.9. The zero-order valence-corrected chi connectivity index (χ0v) is 13.9. The van der Waals surface area contributed by atoms with E-state index in [0.717, 1.165) is 22.3 Å². The monoisotopic (exact) mass is 323 g/mol. The third-order valence-corrected chi connectivity index (χ3v) is 3.88. The number of allylic oxidation sites excluding steroid dienone is 1. The molecule has 0 fully saturated rings. The van der Waals surface area contributed by atoms with Crippen LogP contribution in [0.2, 0.25) is 0 Å². The first-order valence-electron chi connectivity index (χ1n) is 7.58. The van der Waals surface area contributed by atoms with Gasteiger partial charge < -0.3 is 14.6 Å². The predicted octanol–water partition coefficient (Wildman–Crippen LogP) is 5.00. The van der Waals surface area contributed by atoms with Crippen LogP contribution in [0.5, 0.6) is 17.2 Å². The minimum Gasteiger partial charge on any atom is -0.507 e. The Kier molecular flexibility index (Phi) is 4.38. The Balaban J connectivity index is 2.07. The Hall–Kier alpha value is -3.01. The smallest absolute Gasteiger partial charge is 0.364 e. The lowest BCUT2D eigenvalue weighted by molar-refractivity contribution is 0.406. The zero-order chi connectivity index (χ0) is 17.1. The van der Waals surface area contributed by atoms with Gasteiger partial charge in [-0.2, -0.15) is 0 Å². The van der Waals surface area contributed by atoms with E-state index in [1.165, 1.54) is 0 Å². The van der Waals surface area contributed by atoms with E-state index >= 15 is 0 Å². The molecule has 2 aromatic carbocycles. The SMILES string of the molecule is COc1cccc(O)c1/C=C(/C)c1ccc2c(OC)cccc2[o+]1. The summed E-state index contributed by atoms with van der Waals surface area (Å²) < 4.78 is 16.6. The highest BCUT2D eigenvalue weighted by Crippen LogP contribution is 2.33. The third-order valence-electron chi connectivity index (χ3n) is 3.88. The van der Waals surface area contributed by atoms with E-state index < -0.39 is 0 Å². The molecule has 0 aliphatic rings. The fraction of sp³-hybridized carbons (Fsp3) is 0.150. The van der Waals surface area contributed by atoms with Crippen molar-refractivity contribution in [1.29, 1.82) is 0 Å². The largest absolute Gasteiger partial charge is 0.507 e. The summed E-state index contributed by atoms with van der Waals surface area (Å²) in [5.41, 5.74) is 2.24. The number of methoxy groups -OCH3 is 2. The number of ether oxygens (including phenoxy) is 2. The van der Waals surface area contributed by atoms with Crippen LogP contribution in [0, 0.1) is 0 Å². The molecule has 0 unspecified atom stereocenters. The van der Waals surface area contributed by atoms with Gasteiger partial charge in [0.2, 0.25) is 0 Å². The van der Waals surface area contributed by atoms with Gasteiger partial charge in [-0.15, -0.1) is 0 Å². The van der Waals surface area contributed by atoms with Crippen LogP contribution in [0.3, 0.4) is 0 Å². The number of rotatable bonds is 4. The molecular formula is C20H19O4+. The molecule has 0 spiro atoms. The number of benzene rings is 2. The predicted molar refractivity (Wildman–Crippen MR) is 95.4 cm³/mol. The Morgan fingerprint density at radius 2 is 1.67 bits per heavy atom. The fourth-order valence-corrected chi connectivity index (χ4v) is 2.62. The highest BCUT2D eigenvalue weighted by molar-refractivity contribution is 5.87. The van der Waals surface area contributed by atoms with Crippen LogP contribution >= 0.6 is 0 Å². The maximum atomic E-state index is 10.1. The van der Waals surface area contributed by atoms with Crippen molar-refractivity contribution in [2.75, 3.05) is 14.2 Å². The molecule has 0 atom stereocenters. The average molecular weight is 323 g/mol. The van der Waals surface area contributed by atoms with E-state index in [2.05, 4.69) is 0 Å². The molecule has 3 rings (SSSR count). The molecule has 24 heavy (non-hydrogen) atoms. The number of phenolic OH excluding ortho intramolecular Hbond substituents is 1. The Morgan fingerprint density at radius 3 is 2.42 bits per heavy atom. The van der Waals surface area contributed by atoms with E-state index in [4.69, 9.17) is 13.9 Å². The maximum Gasteiger partial charge on any atom is 0.364 e. The second-order valence-corrected chi connectivity index (χ2v) is 5.39. The van der Waals surface area contributed by atoms with Crippen LogP contribution in [0.4, 0.5) is 0 Å². The summed E-state index contributed by atoms with van der Waals surface area (Å²) in [6.07, 6.45) is 1.85. The lowest BCUT2D eigenvalue weighted by Gasteiger charge is -2.06. The number of fused-ring (bicyclic) bond motifs is 1. The third kappa shape index (κ3) is 2.91. The minimum absolute atomic E-state index is 0.163. The van der Waals surface area contributed by atoms with Gasteiger partial charge in [0.1, 0.15) is 22.6 Å². The van der Waals surface area contributed by atoms with Crippen LogP contribution in [0.25, 0.3) is 22.6 Å². The molecule has 0 aliphatic heterocycles. The van der Waals surface area contributed by atoms with Crippen molar-refractivity contribution in [1.82, 2.24) is 0 Å². The van der Waals surface area contributed by atoms with Crippen molar-refractivity contribution in [3.8, 4) is 17.2 Å². The van der Waals surface area contributed by atoms with Gasteiger partial charge >= 0.3 is 11.3 Å². The maximum absolute atomic E-state index is 10.1. The molecule has 0 radical (unpaired) electrons. The van der Waals surface area contributed by atoms with Crippen molar-refractivity contribution >= 4 is 22.6 Å². The standard InChI is InChI=1S/C20H18O4/c1-13(12-15-16(21)6-4-7-19(15)23-3)17-11-10-14-18(22-2)8-5-9-20(14)24-17/h4-12H,1-3H3/p+1/b13-12-. The summed E-state index contributed by atoms with van der Waals surface area (Å²) in [5, 5.41) is 11.0. The van der Waals surface area contributed by atoms with E-state index in [0.29, 0.717) is 17.1 Å². The topological polar surface area (TPSA) is 50.0 Å². The van der Waals surface area contributed by atoms with Gasteiger partial charge in [-0.3, -0.25) is 0 Å². The number of hydrogen-bond donors (Lipinski definition) is 1. The van der Waals surface area contributed by atoms with Gasteiger partial charge in [-0.25, -0.2) is 4.42 Å². The molecule has 0 saturated heterocycles. The van der Waals surface area contributed by atoms with Crippen molar-refractivity contribution in [3.63, 3.8) is 0 Å². The van der Waals surface area contributed by atoms with Crippen molar-refractivity contribution in [3.05, 3.63) is 59.9 Å². The Labute approximate surface area is 140 Å². The fourth-order valence-electron chi connectivity index (χ4n) is 2.62. The molecule has 122 valence electrons. The van der Waals surface area contributed by atoms with Gasteiger partial charge in [0.15, 0.2) is 0 Å². The molecule has 0 aliphatic carbocycles. The molecule has 4 nitrogen and oxygen atoms in total. The second kappa shape index (κ2) is 6.62. The summed E-state index contributed by atoms with van der Waals surface area (Å²) in [5.74, 6) is 2.25. The van der Waals surface area contributed by atoms with Crippen LogP contribution in [-0.2, 0) is 0 Å². The van der Waals surface area contributed by atoms with E-state index in [9.17, 15) is 5.11 Å². The molecule has 0 amide bonds. The molecule has 4 heteroatoms. The number of phenols is 1. The lowest BCUT2D eigenvalue weighted by atomic mass is 10.1. The van der Waals surface area contributed by atoms with Crippen molar-refractivity contribution in [2.24, 2.45) is 0 Å². The molecule has 1 aromatic heterocycles. The lowest BCUT2D eigenvalue weighted by Crippen LogP contribution is -1.89. The normalized spacial score (nSPS) is 11.5. The minimum atomic E-state index is 0.163. The van der Waals surface area contributed by atoms with Crippen molar-refractivity contribution < 1.29 is 19.0 Å². The van der Waals surface area contributed by atoms with Gasteiger partial charge in [-0.1, -0.05) is 6.07 Å². The highest BCUT2D eigenvalue weighted by atomic mass is 16.5. The Bertz CT molecular complexity index is 913. The van der Waals surface area contributed by atoms with Crippen LogP contribution < -0.4 is 9.47 Å². The summed E-state index contributed by atoms with van der Waals surface area (Å²) in [6.45, 7) is 1.93. The molecular weight excluding hydrogens is 304 g/mol.